The lowest BCUT2D eigenvalue weighted by molar-refractivity contribution is -0.0950. The fourth-order valence-electron chi connectivity index (χ4n) is 8.82. The first-order valence-corrected chi connectivity index (χ1v) is 13.4. The summed E-state index contributed by atoms with van der Waals surface area (Å²) in [6.07, 6.45) is 15.9. The van der Waals surface area contributed by atoms with Crippen molar-refractivity contribution in [1.29, 1.82) is 0 Å². The van der Waals surface area contributed by atoms with Crippen molar-refractivity contribution in [1.82, 2.24) is 0 Å². The van der Waals surface area contributed by atoms with Gasteiger partial charge in [0.2, 0.25) is 0 Å². The van der Waals surface area contributed by atoms with E-state index < -0.39 is 0 Å². The summed E-state index contributed by atoms with van der Waals surface area (Å²) in [6.45, 7) is 14.5. The second-order valence-electron chi connectivity index (χ2n) is 12.6. The molecule has 0 radical (unpaired) electrons. The van der Waals surface area contributed by atoms with Gasteiger partial charge in [-0.1, -0.05) is 65.3 Å². The largest absolute Gasteiger partial charge is 0.393 e. The minimum atomic E-state index is -0.321. The fourth-order valence-corrected chi connectivity index (χ4v) is 8.82. The standard InChI is InChI=1S/C29H48O2/c1-7-20(18(2)3)9-8-19(4)23-10-11-24-27-25(13-15-29(23,24)6)28(5)14-12-22(30)16-21(28)17-26(27)31/h8-9,17-20,22-27,30-31H,7,10-16H2,1-6H3/b9-8+/t19-,20+,22-,23+,24-,25-,26+,27-,28-,29+/m0/s1. The van der Waals surface area contributed by atoms with Crippen molar-refractivity contribution in [2.24, 2.45) is 52.3 Å². The highest BCUT2D eigenvalue weighted by molar-refractivity contribution is 5.28. The van der Waals surface area contributed by atoms with Crippen LogP contribution in [-0.4, -0.2) is 22.4 Å². The molecule has 4 rings (SSSR count). The Hall–Kier alpha value is -0.600. The molecule has 2 heteroatoms. The SMILES string of the molecule is CC[C@H](/C=C/[C@H](C)[C@H]1CC[C@H]2[C@@H]3[C@H](O)C=C4C[C@@H](O)CC[C@]4(C)[C@H]3CC[C@]12C)C(C)C. The maximum atomic E-state index is 11.3. The second-order valence-corrected chi connectivity index (χ2v) is 12.6. The van der Waals surface area contributed by atoms with Gasteiger partial charge in [0.25, 0.3) is 0 Å². The van der Waals surface area contributed by atoms with Crippen LogP contribution in [0.1, 0.15) is 92.9 Å². The van der Waals surface area contributed by atoms with E-state index in [1.54, 1.807) is 0 Å². The maximum absolute atomic E-state index is 11.3. The van der Waals surface area contributed by atoms with Gasteiger partial charge < -0.3 is 10.2 Å². The molecule has 10 atom stereocenters. The molecule has 0 amide bonds. The summed E-state index contributed by atoms with van der Waals surface area (Å²) < 4.78 is 0. The summed E-state index contributed by atoms with van der Waals surface area (Å²) in [4.78, 5) is 0. The monoisotopic (exact) mass is 428 g/mol. The van der Waals surface area contributed by atoms with E-state index in [1.807, 2.05) is 0 Å². The van der Waals surface area contributed by atoms with Crippen molar-refractivity contribution in [3.8, 4) is 0 Å². The summed E-state index contributed by atoms with van der Waals surface area (Å²) in [5.41, 5.74) is 1.90. The van der Waals surface area contributed by atoms with E-state index in [2.05, 4.69) is 59.8 Å². The lowest BCUT2D eigenvalue weighted by Crippen LogP contribution is -2.54. The average Bonchev–Trinajstić information content (AvgIpc) is 3.06. The summed E-state index contributed by atoms with van der Waals surface area (Å²) in [5, 5.41) is 21.6. The normalized spacial score (nSPS) is 46.9. The van der Waals surface area contributed by atoms with Crippen LogP contribution in [0.2, 0.25) is 0 Å². The number of rotatable bonds is 5. The Morgan fingerprint density at radius 1 is 1.00 bits per heavy atom. The number of hydrogen-bond acceptors (Lipinski definition) is 2. The van der Waals surface area contributed by atoms with Crippen molar-refractivity contribution in [2.45, 2.75) is 105 Å². The highest BCUT2D eigenvalue weighted by Gasteiger charge is 2.61. The molecule has 0 spiro atoms. The molecule has 0 bridgehead atoms. The van der Waals surface area contributed by atoms with Gasteiger partial charge in [-0.2, -0.15) is 0 Å². The van der Waals surface area contributed by atoms with Gasteiger partial charge in [0.1, 0.15) is 0 Å². The van der Waals surface area contributed by atoms with E-state index in [4.69, 9.17) is 0 Å². The highest BCUT2D eigenvalue weighted by atomic mass is 16.3. The van der Waals surface area contributed by atoms with E-state index >= 15 is 0 Å². The van der Waals surface area contributed by atoms with Crippen LogP contribution in [0.5, 0.6) is 0 Å². The Kier molecular flexibility index (Phi) is 6.56. The van der Waals surface area contributed by atoms with E-state index in [9.17, 15) is 10.2 Å². The van der Waals surface area contributed by atoms with Gasteiger partial charge >= 0.3 is 0 Å². The predicted molar refractivity (Wildman–Crippen MR) is 130 cm³/mol. The van der Waals surface area contributed by atoms with Crippen molar-refractivity contribution < 1.29 is 10.2 Å². The zero-order valence-electron chi connectivity index (χ0n) is 21.0. The quantitative estimate of drug-likeness (QED) is 0.474. The molecule has 2 N–H and O–H groups in total. The van der Waals surface area contributed by atoms with Gasteiger partial charge in [0.15, 0.2) is 0 Å². The minimum Gasteiger partial charge on any atom is -0.393 e. The van der Waals surface area contributed by atoms with Crippen molar-refractivity contribution in [3.05, 3.63) is 23.8 Å². The topological polar surface area (TPSA) is 40.5 Å². The molecule has 3 fully saturated rings. The number of aliphatic hydroxyl groups excluding tert-OH is 2. The average molecular weight is 429 g/mol. The Bertz CT molecular complexity index is 708. The van der Waals surface area contributed by atoms with Crippen molar-refractivity contribution in [3.63, 3.8) is 0 Å². The van der Waals surface area contributed by atoms with Crippen LogP contribution in [0, 0.1) is 52.3 Å². The molecular formula is C29H48O2. The first kappa shape index (κ1) is 23.6. The summed E-state index contributed by atoms with van der Waals surface area (Å²) >= 11 is 0. The third-order valence-corrected chi connectivity index (χ3v) is 10.8. The molecule has 0 saturated heterocycles. The summed E-state index contributed by atoms with van der Waals surface area (Å²) in [5.74, 6) is 4.38. The molecule has 0 aromatic carbocycles. The number of fused-ring (bicyclic) bond motifs is 5. The zero-order valence-corrected chi connectivity index (χ0v) is 21.0. The first-order chi connectivity index (χ1) is 14.6. The van der Waals surface area contributed by atoms with Gasteiger partial charge in [-0.05, 0) is 104 Å². The number of aliphatic hydroxyl groups is 2. The maximum Gasteiger partial charge on any atom is 0.0757 e. The van der Waals surface area contributed by atoms with Crippen molar-refractivity contribution >= 4 is 0 Å². The molecule has 0 aromatic heterocycles. The molecule has 0 heterocycles. The van der Waals surface area contributed by atoms with Gasteiger partial charge in [0.05, 0.1) is 12.2 Å². The van der Waals surface area contributed by atoms with E-state index in [0.717, 1.165) is 25.2 Å². The minimum absolute atomic E-state index is 0.194. The Morgan fingerprint density at radius 2 is 1.74 bits per heavy atom. The molecule has 4 aliphatic rings. The molecule has 3 saturated carbocycles. The third kappa shape index (κ3) is 3.88. The molecule has 4 aliphatic carbocycles. The van der Waals surface area contributed by atoms with Crippen LogP contribution >= 0.6 is 0 Å². The van der Waals surface area contributed by atoms with Crippen LogP contribution in [0.25, 0.3) is 0 Å². The van der Waals surface area contributed by atoms with Crippen molar-refractivity contribution in [2.75, 3.05) is 0 Å². The molecule has 176 valence electrons. The molecule has 0 aliphatic heterocycles. The lowest BCUT2D eigenvalue weighted by Gasteiger charge is -2.59. The molecular weight excluding hydrogens is 380 g/mol. The van der Waals surface area contributed by atoms with E-state index in [-0.39, 0.29) is 17.6 Å². The van der Waals surface area contributed by atoms with Crippen LogP contribution in [0.3, 0.4) is 0 Å². The molecule has 31 heavy (non-hydrogen) atoms. The van der Waals surface area contributed by atoms with Gasteiger partial charge in [-0.25, -0.2) is 0 Å². The van der Waals surface area contributed by atoms with E-state index in [1.165, 1.54) is 37.7 Å². The van der Waals surface area contributed by atoms with Crippen LogP contribution in [0.4, 0.5) is 0 Å². The summed E-state index contributed by atoms with van der Waals surface area (Å²) in [6, 6.07) is 0. The van der Waals surface area contributed by atoms with Crippen LogP contribution in [-0.2, 0) is 0 Å². The fraction of sp³-hybridized carbons (Fsp3) is 0.862. The van der Waals surface area contributed by atoms with Crippen LogP contribution < -0.4 is 0 Å². The number of hydrogen-bond donors (Lipinski definition) is 2. The Balaban J connectivity index is 1.56. The van der Waals surface area contributed by atoms with Gasteiger partial charge in [0, 0.05) is 0 Å². The molecule has 0 unspecified atom stereocenters. The zero-order chi connectivity index (χ0) is 22.6. The van der Waals surface area contributed by atoms with E-state index in [0.29, 0.717) is 40.9 Å². The summed E-state index contributed by atoms with van der Waals surface area (Å²) in [7, 11) is 0. The number of allylic oxidation sites excluding steroid dienone is 2. The Labute approximate surface area is 191 Å². The third-order valence-electron chi connectivity index (χ3n) is 10.8. The molecule has 0 aromatic rings. The molecule has 2 nitrogen and oxygen atoms in total. The van der Waals surface area contributed by atoms with Gasteiger partial charge in [-0.15, -0.1) is 0 Å². The van der Waals surface area contributed by atoms with Gasteiger partial charge in [-0.3, -0.25) is 0 Å². The van der Waals surface area contributed by atoms with Crippen LogP contribution in [0.15, 0.2) is 23.8 Å². The highest BCUT2D eigenvalue weighted by Crippen LogP contribution is 2.67. The smallest absolute Gasteiger partial charge is 0.0757 e. The predicted octanol–water partition coefficient (Wildman–Crippen LogP) is 6.77. The lowest BCUT2D eigenvalue weighted by atomic mass is 9.46. The Morgan fingerprint density at radius 3 is 2.42 bits per heavy atom. The second kappa shape index (κ2) is 8.64. The first-order valence-electron chi connectivity index (χ1n) is 13.4.